The Kier molecular flexibility index (Phi) is 12.0. The SMILES string of the molecule is C=C[C@@H]1C[C@]1(NC(=O)[C@@H]1C[C@@H](Oc2nccc3ccc(-c4cccs4)cc23)CN1C(=O)[C@@H](CCC(=O)C=C(C)C)NC(=O)OC(C)(C)C)C(=O)NS(=O)(=O)C1CC1. The maximum absolute atomic E-state index is 14.6. The average molecular weight is 820 g/mol. The Morgan fingerprint density at radius 1 is 1.12 bits per heavy atom. The maximum atomic E-state index is 14.6. The van der Waals surface area contributed by atoms with Crippen LogP contribution in [0.15, 0.2) is 72.3 Å². The third-order valence-electron chi connectivity index (χ3n) is 10.0. The Labute approximate surface area is 336 Å². The van der Waals surface area contributed by atoms with Gasteiger partial charge in [0, 0.05) is 35.2 Å². The standard InChI is InChI=1S/C41H49N5O9S2/c1-7-27-22-41(27,38(50)45-57(52,53)30-13-14-30)44-35(48)33-21-29(54-36-31-20-26(34-9-8-18-56-34)11-10-25(31)16-17-42-36)23-46(33)37(49)32(15-12-28(47)19-24(2)3)43-39(51)55-40(4,5)6/h7-11,16-20,27,29-30,32-33H,1,12-15,21-23H2,2-6H3,(H,43,51)(H,44,48)(H,45,50)/t27-,29-,32-,33+,41-/m1/s1. The van der Waals surface area contributed by atoms with Gasteiger partial charge in [0.15, 0.2) is 5.78 Å². The first-order valence-electron chi connectivity index (χ1n) is 19.0. The van der Waals surface area contributed by atoms with Crippen molar-refractivity contribution in [3.63, 3.8) is 0 Å². The second-order valence-corrected chi connectivity index (χ2v) is 19.0. The molecule has 6 rings (SSSR count). The van der Waals surface area contributed by atoms with Gasteiger partial charge in [0.05, 0.1) is 11.8 Å². The first-order valence-corrected chi connectivity index (χ1v) is 21.4. The molecular weight excluding hydrogens is 771 g/mol. The van der Waals surface area contributed by atoms with Crippen molar-refractivity contribution in [2.45, 2.75) is 108 Å². The second kappa shape index (κ2) is 16.4. The fraction of sp³-hybridized carbons (Fsp3) is 0.463. The number of carbonyl (C=O) groups excluding carboxylic acids is 5. The van der Waals surface area contributed by atoms with E-state index in [9.17, 15) is 32.4 Å². The van der Waals surface area contributed by atoms with Gasteiger partial charge in [-0.3, -0.25) is 23.9 Å². The van der Waals surface area contributed by atoms with Crippen molar-refractivity contribution in [3.05, 3.63) is 72.3 Å². The number of fused-ring (bicyclic) bond motifs is 1. The first kappa shape index (κ1) is 41.5. The van der Waals surface area contributed by atoms with Crippen LogP contribution in [0.3, 0.4) is 0 Å². The van der Waals surface area contributed by atoms with Crippen LogP contribution in [0.1, 0.15) is 73.1 Å². The predicted octanol–water partition coefficient (Wildman–Crippen LogP) is 5.19. The van der Waals surface area contributed by atoms with Gasteiger partial charge in [-0.1, -0.05) is 29.8 Å². The highest BCUT2D eigenvalue weighted by Crippen LogP contribution is 2.45. The van der Waals surface area contributed by atoms with E-state index >= 15 is 0 Å². The summed E-state index contributed by atoms with van der Waals surface area (Å²) in [4.78, 5) is 75.2. The number of amides is 4. The number of likely N-dealkylation sites (tertiary alicyclic amines) is 1. The molecule has 3 heterocycles. The third kappa shape index (κ3) is 9.90. The fourth-order valence-corrected chi connectivity index (χ4v) is 9.06. The van der Waals surface area contributed by atoms with Crippen molar-refractivity contribution < 1.29 is 41.9 Å². The molecule has 0 unspecified atom stereocenters. The third-order valence-corrected chi connectivity index (χ3v) is 12.8. The molecule has 3 fully saturated rings. The lowest BCUT2D eigenvalue weighted by Gasteiger charge is -2.30. The predicted molar refractivity (Wildman–Crippen MR) is 216 cm³/mol. The van der Waals surface area contributed by atoms with E-state index in [-0.39, 0.29) is 43.9 Å². The Balaban J connectivity index is 1.31. The number of sulfonamides is 1. The van der Waals surface area contributed by atoms with Gasteiger partial charge in [-0.2, -0.15) is 0 Å². The zero-order valence-electron chi connectivity index (χ0n) is 32.7. The Hall–Kier alpha value is -5.09. The Bertz CT molecular complexity index is 2210. The van der Waals surface area contributed by atoms with Gasteiger partial charge in [-0.25, -0.2) is 18.2 Å². The van der Waals surface area contributed by atoms with Crippen molar-refractivity contribution in [1.29, 1.82) is 0 Å². The molecule has 2 saturated carbocycles. The molecule has 1 aromatic carbocycles. The van der Waals surface area contributed by atoms with Gasteiger partial charge in [0.1, 0.15) is 29.3 Å². The van der Waals surface area contributed by atoms with E-state index in [1.807, 2.05) is 41.8 Å². The Morgan fingerprint density at radius 3 is 2.51 bits per heavy atom. The molecule has 3 N–H and O–H groups in total. The lowest BCUT2D eigenvalue weighted by Crippen LogP contribution is -2.58. The largest absolute Gasteiger partial charge is 0.472 e. The maximum Gasteiger partial charge on any atom is 0.408 e. The van der Waals surface area contributed by atoms with Gasteiger partial charge in [-0.15, -0.1) is 17.9 Å². The number of nitrogens with one attached hydrogen (secondary N) is 3. The van der Waals surface area contributed by atoms with Crippen LogP contribution in [0.2, 0.25) is 0 Å². The summed E-state index contributed by atoms with van der Waals surface area (Å²) < 4.78 is 39.6. The van der Waals surface area contributed by atoms with Crippen LogP contribution in [0.4, 0.5) is 4.79 Å². The number of benzene rings is 1. The molecule has 0 bridgehead atoms. The van der Waals surface area contributed by atoms with Gasteiger partial charge in [0.2, 0.25) is 27.7 Å². The molecular formula is C41H49N5O9S2. The van der Waals surface area contributed by atoms with Crippen molar-refractivity contribution in [3.8, 4) is 16.3 Å². The number of aromatic nitrogens is 1. The summed E-state index contributed by atoms with van der Waals surface area (Å²) in [5, 5.41) is 8.28. The van der Waals surface area contributed by atoms with Crippen LogP contribution in [0.5, 0.6) is 5.88 Å². The number of nitrogens with zero attached hydrogens (tertiary/aromatic N) is 2. The van der Waals surface area contributed by atoms with Gasteiger partial charge < -0.3 is 25.0 Å². The van der Waals surface area contributed by atoms with E-state index in [0.717, 1.165) is 26.8 Å². The van der Waals surface area contributed by atoms with Crippen molar-refractivity contribution in [2.24, 2.45) is 5.92 Å². The molecule has 0 spiro atoms. The minimum Gasteiger partial charge on any atom is -0.472 e. The molecule has 1 saturated heterocycles. The molecule has 3 aromatic rings. The van der Waals surface area contributed by atoms with Gasteiger partial charge >= 0.3 is 6.09 Å². The summed E-state index contributed by atoms with van der Waals surface area (Å²) in [6, 6.07) is 9.24. The minimum atomic E-state index is -3.94. The number of hydrogen-bond donors (Lipinski definition) is 3. The summed E-state index contributed by atoms with van der Waals surface area (Å²) in [7, 11) is -3.94. The highest BCUT2D eigenvalue weighted by atomic mass is 32.2. The van der Waals surface area contributed by atoms with Crippen molar-refractivity contribution in [2.75, 3.05) is 6.54 Å². The quantitative estimate of drug-likeness (QED) is 0.136. The zero-order chi connectivity index (χ0) is 41.3. The molecule has 0 radical (unpaired) electrons. The van der Waals surface area contributed by atoms with E-state index in [1.54, 1.807) is 52.2 Å². The lowest BCUT2D eigenvalue weighted by atomic mass is 10.1. The van der Waals surface area contributed by atoms with Crippen LogP contribution in [0, 0.1) is 5.92 Å². The highest BCUT2D eigenvalue weighted by molar-refractivity contribution is 7.91. The van der Waals surface area contributed by atoms with E-state index in [0.29, 0.717) is 12.8 Å². The van der Waals surface area contributed by atoms with Crippen LogP contribution >= 0.6 is 11.3 Å². The van der Waals surface area contributed by atoms with Crippen LogP contribution in [0.25, 0.3) is 21.2 Å². The summed E-state index contributed by atoms with van der Waals surface area (Å²) in [6.07, 6.45) is 3.63. The van der Waals surface area contributed by atoms with Crippen LogP contribution in [-0.4, -0.2) is 89.0 Å². The van der Waals surface area contributed by atoms with E-state index in [1.165, 1.54) is 17.1 Å². The van der Waals surface area contributed by atoms with E-state index in [4.69, 9.17) is 9.47 Å². The average Bonchev–Trinajstić information content (AvgIpc) is 4.01. The number of thiophene rings is 1. The molecule has 4 amide bonds. The first-order chi connectivity index (χ1) is 26.9. The molecule has 3 aliphatic rings. The van der Waals surface area contributed by atoms with E-state index in [2.05, 4.69) is 26.9 Å². The number of ether oxygens (including phenoxy) is 2. The molecule has 5 atom stereocenters. The molecule has 2 aromatic heterocycles. The van der Waals surface area contributed by atoms with Gasteiger partial charge in [-0.05, 0) is 101 Å². The van der Waals surface area contributed by atoms with Crippen LogP contribution < -0.4 is 20.1 Å². The number of allylic oxidation sites excluding steroid dienone is 2. The number of alkyl carbamates (subject to hydrolysis) is 1. The summed E-state index contributed by atoms with van der Waals surface area (Å²) in [5.41, 5.74) is -0.769. The second-order valence-electron chi connectivity index (χ2n) is 16.1. The van der Waals surface area contributed by atoms with Gasteiger partial charge in [0.25, 0.3) is 5.91 Å². The molecule has 57 heavy (non-hydrogen) atoms. The summed E-state index contributed by atoms with van der Waals surface area (Å²) in [5.74, 6) is -2.80. The minimum absolute atomic E-state index is 0.0348. The normalized spacial score (nSPS) is 22.2. The number of ketones is 1. The molecule has 2 aliphatic carbocycles. The number of rotatable bonds is 15. The van der Waals surface area contributed by atoms with Crippen LogP contribution in [-0.2, 0) is 33.9 Å². The highest BCUT2D eigenvalue weighted by Gasteiger charge is 2.62. The van der Waals surface area contributed by atoms with E-state index < -0.39 is 74.3 Å². The smallest absolute Gasteiger partial charge is 0.408 e. The lowest BCUT2D eigenvalue weighted by molar-refractivity contribution is -0.141. The molecule has 1 aliphatic heterocycles. The number of carbonyl (C=O) groups is 5. The molecule has 304 valence electrons. The zero-order valence-corrected chi connectivity index (χ0v) is 34.3. The van der Waals surface area contributed by atoms with Crippen molar-refractivity contribution >= 4 is 61.7 Å². The summed E-state index contributed by atoms with van der Waals surface area (Å²) in [6.45, 7) is 12.2. The Morgan fingerprint density at radius 2 is 1.88 bits per heavy atom. The molecule has 16 heteroatoms. The monoisotopic (exact) mass is 819 g/mol. The summed E-state index contributed by atoms with van der Waals surface area (Å²) >= 11 is 1.59. The topological polar surface area (TPSA) is 190 Å². The molecule has 14 nitrogen and oxygen atoms in total. The fourth-order valence-electron chi connectivity index (χ4n) is 6.97. The number of hydrogen-bond acceptors (Lipinski definition) is 11. The number of pyridine rings is 1. The van der Waals surface area contributed by atoms with Crippen molar-refractivity contribution in [1.82, 2.24) is 25.2 Å².